The summed E-state index contributed by atoms with van der Waals surface area (Å²) < 4.78 is 5.52. The molecule has 84 valence electrons. The first-order valence-electron chi connectivity index (χ1n) is 4.69. The molecule has 0 fully saturated rings. The van der Waals surface area contributed by atoms with Crippen LogP contribution in [0.15, 0.2) is 38.9 Å². The normalized spacial score (nSPS) is 10.4. The van der Waals surface area contributed by atoms with Gasteiger partial charge in [-0.15, -0.1) is 11.3 Å². The lowest BCUT2D eigenvalue weighted by atomic mass is 10.3. The van der Waals surface area contributed by atoms with Gasteiger partial charge in [-0.3, -0.25) is 4.79 Å². The van der Waals surface area contributed by atoms with E-state index < -0.39 is 0 Å². The van der Waals surface area contributed by atoms with Crippen molar-refractivity contribution in [3.05, 3.63) is 45.0 Å². The number of carbonyl (C=O) groups excluding carboxylic acids is 1. The third kappa shape index (κ3) is 2.36. The number of halogens is 1. The van der Waals surface area contributed by atoms with Crippen LogP contribution in [0.3, 0.4) is 0 Å². The van der Waals surface area contributed by atoms with E-state index in [1.54, 1.807) is 29.4 Å². The molecule has 0 bridgehead atoms. The van der Waals surface area contributed by atoms with Crippen molar-refractivity contribution < 1.29 is 9.21 Å². The fourth-order valence-electron chi connectivity index (χ4n) is 1.36. The Bertz CT molecular complexity index is 478. The van der Waals surface area contributed by atoms with Gasteiger partial charge in [-0.25, -0.2) is 0 Å². The van der Waals surface area contributed by atoms with Gasteiger partial charge in [0, 0.05) is 11.9 Å². The molecule has 0 aliphatic rings. The Balaban J connectivity index is 2.08. The zero-order valence-corrected chi connectivity index (χ0v) is 11.0. The predicted molar refractivity (Wildman–Crippen MR) is 66.5 cm³/mol. The van der Waals surface area contributed by atoms with E-state index in [1.165, 1.54) is 6.26 Å². The third-order valence-electron chi connectivity index (χ3n) is 2.17. The lowest BCUT2D eigenvalue weighted by Gasteiger charge is -2.15. The van der Waals surface area contributed by atoms with E-state index in [9.17, 15) is 4.79 Å². The van der Waals surface area contributed by atoms with Gasteiger partial charge in [-0.1, -0.05) is 6.07 Å². The van der Waals surface area contributed by atoms with Crippen molar-refractivity contribution in [1.82, 2.24) is 4.90 Å². The standard InChI is InChI=1S/C11H10BrNO2S/c1-13(7-8-3-2-6-16-8)11(14)9-4-5-15-10(9)12/h2-6H,7H2,1H3. The first kappa shape index (κ1) is 11.4. The summed E-state index contributed by atoms with van der Waals surface area (Å²) in [6, 6.07) is 5.66. The highest BCUT2D eigenvalue weighted by Crippen LogP contribution is 2.20. The molecule has 3 nitrogen and oxygen atoms in total. The van der Waals surface area contributed by atoms with Crippen molar-refractivity contribution in [1.29, 1.82) is 0 Å². The zero-order chi connectivity index (χ0) is 11.5. The van der Waals surface area contributed by atoms with Crippen molar-refractivity contribution in [2.24, 2.45) is 0 Å². The Hall–Kier alpha value is -1.07. The third-order valence-corrected chi connectivity index (χ3v) is 3.64. The Morgan fingerprint density at radius 1 is 1.56 bits per heavy atom. The molecule has 0 aliphatic carbocycles. The highest BCUT2D eigenvalue weighted by Gasteiger charge is 2.17. The average molecular weight is 300 g/mol. The van der Waals surface area contributed by atoms with E-state index in [-0.39, 0.29) is 5.91 Å². The summed E-state index contributed by atoms with van der Waals surface area (Å²) in [4.78, 5) is 14.8. The molecular formula is C11H10BrNO2S. The molecule has 1 amide bonds. The maximum atomic E-state index is 12.0. The van der Waals surface area contributed by atoms with Crippen LogP contribution in [-0.4, -0.2) is 17.9 Å². The van der Waals surface area contributed by atoms with Crippen molar-refractivity contribution in [2.45, 2.75) is 6.54 Å². The molecule has 2 heterocycles. The number of furan rings is 1. The first-order chi connectivity index (χ1) is 7.68. The molecular weight excluding hydrogens is 290 g/mol. The number of hydrogen-bond donors (Lipinski definition) is 0. The van der Waals surface area contributed by atoms with Gasteiger partial charge < -0.3 is 9.32 Å². The molecule has 0 aromatic carbocycles. The van der Waals surface area contributed by atoms with E-state index in [0.717, 1.165) is 4.88 Å². The van der Waals surface area contributed by atoms with Crippen molar-refractivity contribution in [2.75, 3.05) is 7.05 Å². The second-order valence-corrected chi connectivity index (χ2v) is 5.10. The van der Waals surface area contributed by atoms with Gasteiger partial charge >= 0.3 is 0 Å². The van der Waals surface area contributed by atoms with Crippen LogP contribution in [0, 0.1) is 0 Å². The summed E-state index contributed by atoms with van der Waals surface area (Å²) >= 11 is 4.84. The Morgan fingerprint density at radius 3 is 2.94 bits per heavy atom. The lowest BCUT2D eigenvalue weighted by molar-refractivity contribution is 0.0784. The van der Waals surface area contributed by atoms with Crippen LogP contribution in [0.2, 0.25) is 0 Å². The second kappa shape index (κ2) is 4.84. The van der Waals surface area contributed by atoms with Crippen LogP contribution in [0.1, 0.15) is 15.2 Å². The highest BCUT2D eigenvalue weighted by atomic mass is 79.9. The van der Waals surface area contributed by atoms with E-state index in [2.05, 4.69) is 15.9 Å². The van der Waals surface area contributed by atoms with Gasteiger partial charge in [-0.05, 0) is 33.4 Å². The number of hydrogen-bond acceptors (Lipinski definition) is 3. The molecule has 0 aliphatic heterocycles. The minimum Gasteiger partial charge on any atom is -0.457 e. The molecule has 0 atom stereocenters. The molecule has 2 aromatic rings. The number of nitrogens with zero attached hydrogens (tertiary/aromatic N) is 1. The maximum absolute atomic E-state index is 12.0. The first-order valence-corrected chi connectivity index (χ1v) is 6.36. The molecule has 0 saturated carbocycles. The van der Waals surface area contributed by atoms with E-state index >= 15 is 0 Å². The minimum atomic E-state index is -0.0472. The fourth-order valence-corrected chi connectivity index (χ4v) is 2.53. The van der Waals surface area contributed by atoms with Crippen LogP contribution in [0.5, 0.6) is 0 Å². The predicted octanol–water partition coefficient (Wildman–Crippen LogP) is 3.38. The fraction of sp³-hybridized carbons (Fsp3) is 0.182. The Morgan fingerprint density at radius 2 is 2.38 bits per heavy atom. The van der Waals surface area contributed by atoms with E-state index in [1.807, 2.05) is 17.5 Å². The highest BCUT2D eigenvalue weighted by molar-refractivity contribution is 9.10. The van der Waals surface area contributed by atoms with Gasteiger partial charge in [0.1, 0.15) is 0 Å². The molecule has 0 saturated heterocycles. The molecule has 0 radical (unpaired) electrons. The summed E-state index contributed by atoms with van der Waals surface area (Å²) in [6.07, 6.45) is 1.50. The summed E-state index contributed by atoms with van der Waals surface area (Å²) in [7, 11) is 1.78. The molecule has 0 N–H and O–H groups in total. The van der Waals surface area contributed by atoms with Crippen LogP contribution in [0.4, 0.5) is 0 Å². The Labute approximate surface area is 106 Å². The maximum Gasteiger partial charge on any atom is 0.258 e. The van der Waals surface area contributed by atoms with Crippen molar-refractivity contribution in [3.63, 3.8) is 0 Å². The lowest BCUT2D eigenvalue weighted by Crippen LogP contribution is -2.25. The average Bonchev–Trinajstić information content (AvgIpc) is 2.88. The summed E-state index contributed by atoms with van der Waals surface area (Å²) in [5.41, 5.74) is 0.555. The summed E-state index contributed by atoms with van der Waals surface area (Å²) in [6.45, 7) is 0.619. The number of rotatable bonds is 3. The zero-order valence-electron chi connectivity index (χ0n) is 8.64. The molecule has 5 heteroatoms. The summed E-state index contributed by atoms with van der Waals surface area (Å²) in [5.74, 6) is -0.0472. The van der Waals surface area contributed by atoms with Crippen LogP contribution in [0.25, 0.3) is 0 Å². The second-order valence-electron chi connectivity index (χ2n) is 3.35. The van der Waals surface area contributed by atoms with Crippen molar-refractivity contribution >= 4 is 33.2 Å². The van der Waals surface area contributed by atoms with Gasteiger partial charge in [0.15, 0.2) is 4.67 Å². The van der Waals surface area contributed by atoms with Crippen LogP contribution >= 0.6 is 27.3 Å². The molecule has 2 rings (SSSR count). The minimum absolute atomic E-state index is 0.0472. The topological polar surface area (TPSA) is 33.5 Å². The van der Waals surface area contributed by atoms with E-state index in [0.29, 0.717) is 16.8 Å². The van der Waals surface area contributed by atoms with Crippen molar-refractivity contribution in [3.8, 4) is 0 Å². The van der Waals surface area contributed by atoms with Gasteiger partial charge in [0.2, 0.25) is 0 Å². The van der Waals surface area contributed by atoms with Crippen LogP contribution < -0.4 is 0 Å². The molecule has 16 heavy (non-hydrogen) atoms. The van der Waals surface area contributed by atoms with E-state index in [4.69, 9.17) is 4.42 Å². The molecule has 2 aromatic heterocycles. The van der Waals surface area contributed by atoms with Gasteiger partial charge in [0.25, 0.3) is 5.91 Å². The van der Waals surface area contributed by atoms with Gasteiger partial charge in [-0.2, -0.15) is 0 Å². The Kier molecular flexibility index (Phi) is 3.46. The number of thiophene rings is 1. The molecule has 0 unspecified atom stereocenters. The van der Waals surface area contributed by atoms with Gasteiger partial charge in [0.05, 0.1) is 18.4 Å². The SMILES string of the molecule is CN(Cc1cccs1)C(=O)c1ccoc1Br. The number of carbonyl (C=O) groups is 1. The summed E-state index contributed by atoms with van der Waals surface area (Å²) in [5, 5.41) is 2.00. The van der Waals surface area contributed by atoms with Crippen LogP contribution in [-0.2, 0) is 6.54 Å². The number of amides is 1. The smallest absolute Gasteiger partial charge is 0.258 e. The quantitative estimate of drug-likeness (QED) is 0.870. The molecule has 0 spiro atoms. The largest absolute Gasteiger partial charge is 0.457 e. The monoisotopic (exact) mass is 299 g/mol.